The lowest BCUT2D eigenvalue weighted by Crippen LogP contribution is -3.12. The van der Waals surface area contributed by atoms with Gasteiger partial charge >= 0.3 is 5.97 Å². The summed E-state index contributed by atoms with van der Waals surface area (Å²) in [4.78, 5) is 13.7. The highest BCUT2D eigenvalue weighted by Crippen LogP contribution is 2.11. The molecular formula is C19H31ClN2O2. The predicted molar refractivity (Wildman–Crippen MR) is 94.2 cm³/mol. The van der Waals surface area contributed by atoms with Crippen molar-refractivity contribution in [1.82, 2.24) is 0 Å². The molecule has 0 unspecified atom stereocenters. The molecule has 0 radical (unpaired) electrons. The third-order valence-electron chi connectivity index (χ3n) is 4.45. The van der Waals surface area contributed by atoms with Crippen LogP contribution in [-0.4, -0.2) is 38.8 Å². The van der Waals surface area contributed by atoms with Crippen LogP contribution in [0.4, 0.5) is 5.69 Å². The van der Waals surface area contributed by atoms with Crippen molar-refractivity contribution in [3.8, 4) is 0 Å². The maximum absolute atomic E-state index is 12.0. The first-order valence-corrected chi connectivity index (χ1v) is 9.14. The largest absolute Gasteiger partial charge is 1.00 e. The highest BCUT2D eigenvalue weighted by Gasteiger charge is 2.13. The van der Waals surface area contributed by atoms with E-state index in [-0.39, 0.29) is 18.4 Å². The number of unbranched alkanes of at least 4 members (excludes halogenated alkanes) is 1. The second-order valence-electron chi connectivity index (χ2n) is 6.41. The number of likely N-dealkylation sites (tertiary alicyclic amines) is 1. The van der Waals surface area contributed by atoms with Crippen LogP contribution in [0.15, 0.2) is 24.3 Å². The van der Waals surface area contributed by atoms with Crippen LogP contribution < -0.4 is 22.6 Å². The van der Waals surface area contributed by atoms with Crippen molar-refractivity contribution in [3.63, 3.8) is 0 Å². The zero-order valence-electron chi connectivity index (χ0n) is 14.8. The number of benzene rings is 1. The van der Waals surface area contributed by atoms with Gasteiger partial charge in [0.1, 0.15) is 0 Å². The van der Waals surface area contributed by atoms with Gasteiger partial charge in [0.2, 0.25) is 0 Å². The van der Waals surface area contributed by atoms with Gasteiger partial charge in [0.15, 0.2) is 0 Å². The lowest BCUT2D eigenvalue weighted by atomic mass is 10.1. The van der Waals surface area contributed by atoms with Gasteiger partial charge < -0.3 is 27.4 Å². The maximum Gasteiger partial charge on any atom is 0.338 e. The second kappa shape index (κ2) is 12.2. The van der Waals surface area contributed by atoms with Crippen molar-refractivity contribution in [2.45, 2.75) is 45.4 Å². The lowest BCUT2D eigenvalue weighted by Gasteiger charge is -2.23. The molecule has 0 aliphatic carbocycles. The Balaban J connectivity index is 0.00000288. The van der Waals surface area contributed by atoms with Crippen LogP contribution in [0.2, 0.25) is 0 Å². The van der Waals surface area contributed by atoms with E-state index in [2.05, 4.69) is 12.2 Å². The summed E-state index contributed by atoms with van der Waals surface area (Å²) in [6, 6.07) is 7.58. The Bertz CT molecular complexity index is 459. The van der Waals surface area contributed by atoms with Crippen molar-refractivity contribution in [1.29, 1.82) is 0 Å². The molecule has 136 valence electrons. The fourth-order valence-electron chi connectivity index (χ4n) is 3.01. The normalized spacial score (nSPS) is 14.7. The topological polar surface area (TPSA) is 42.8 Å². The number of carbonyl (C=O) groups is 1. The SMILES string of the molecule is CCCCNc1ccc(C(=O)OCCC[NH+]2CCCCC2)cc1.[Cl-]. The molecule has 5 heteroatoms. The quantitative estimate of drug-likeness (QED) is 0.465. The Morgan fingerprint density at radius 3 is 2.50 bits per heavy atom. The fourth-order valence-corrected chi connectivity index (χ4v) is 3.01. The summed E-state index contributed by atoms with van der Waals surface area (Å²) in [7, 11) is 0. The van der Waals surface area contributed by atoms with Gasteiger partial charge in [-0.25, -0.2) is 4.79 Å². The molecule has 1 heterocycles. The highest BCUT2D eigenvalue weighted by molar-refractivity contribution is 5.89. The van der Waals surface area contributed by atoms with E-state index in [4.69, 9.17) is 4.74 Å². The first kappa shape index (κ1) is 20.8. The van der Waals surface area contributed by atoms with Crippen LogP contribution in [0.3, 0.4) is 0 Å². The Labute approximate surface area is 152 Å². The molecule has 1 aliphatic rings. The number of anilines is 1. The van der Waals surface area contributed by atoms with Gasteiger partial charge in [-0.3, -0.25) is 0 Å². The monoisotopic (exact) mass is 354 g/mol. The first-order chi connectivity index (χ1) is 11.3. The van der Waals surface area contributed by atoms with Crippen LogP contribution in [0.25, 0.3) is 0 Å². The van der Waals surface area contributed by atoms with E-state index >= 15 is 0 Å². The van der Waals surface area contributed by atoms with Crippen molar-refractivity contribution in [2.75, 3.05) is 38.1 Å². The molecule has 0 atom stereocenters. The molecule has 1 aliphatic heterocycles. The molecule has 0 amide bonds. The summed E-state index contributed by atoms with van der Waals surface area (Å²) in [5, 5.41) is 3.35. The number of nitrogens with one attached hydrogen (secondary N) is 2. The van der Waals surface area contributed by atoms with Gasteiger partial charge in [-0.15, -0.1) is 0 Å². The number of ether oxygens (including phenoxy) is 1. The van der Waals surface area contributed by atoms with Crippen LogP contribution in [0.1, 0.15) is 55.8 Å². The molecule has 4 nitrogen and oxygen atoms in total. The van der Waals surface area contributed by atoms with Gasteiger partial charge in [0, 0.05) is 18.7 Å². The zero-order valence-corrected chi connectivity index (χ0v) is 15.5. The third-order valence-corrected chi connectivity index (χ3v) is 4.45. The first-order valence-electron chi connectivity index (χ1n) is 9.14. The van der Waals surface area contributed by atoms with E-state index in [0.29, 0.717) is 12.2 Å². The maximum atomic E-state index is 12.0. The third kappa shape index (κ3) is 7.54. The summed E-state index contributed by atoms with van der Waals surface area (Å²) < 4.78 is 5.38. The molecule has 1 saturated heterocycles. The molecule has 2 N–H and O–H groups in total. The van der Waals surface area contributed by atoms with E-state index in [0.717, 1.165) is 31.6 Å². The van der Waals surface area contributed by atoms with Gasteiger partial charge in [-0.05, 0) is 49.9 Å². The average molecular weight is 355 g/mol. The number of hydrogen-bond acceptors (Lipinski definition) is 3. The molecule has 0 bridgehead atoms. The van der Waals surface area contributed by atoms with Crippen LogP contribution in [0, 0.1) is 0 Å². The lowest BCUT2D eigenvalue weighted by molar-refractivity contribution is -0.905. The molecule has 0 aromatic heterocycles. The molecule has 0 spiro atoms. The van der Waals surface area contributed by atoms with Crippen molar-refractivity contribution >= 4 is 11.7 Å². The summed E-state index contributed by atoms with van der Waals surface area (Å²) in [5.74, 6) is -0.209. The van der Waals surface area contributed by atoms with E-state index in [1.165, 1.54) is 38.8 Å². The second-order valence-corrected chi connectivity index (χ2v) is 6.41. The average Bonchev–Trinajstić information content (AvgIpc) is 2.60. The van der Waals surface area contributed by atoms with Crippen LogP contribution in [-0.2, 0) is 4.74 Å². The fraction of sp³-hybridized carbons (Fsp3) is 0.632. The number of piperidine rings is 1. The standard InChI is InChI=1S/C19H30N2O2.ClH/c1-2-3-12-20-18-10-8-17(9-11-18)19(22)23-16-7-15-21-13-5-4-6-14-21;/h8-11,20H,2-7,12-16H2,1H3;1H. The minimum Gasteiger partial charge on any atom is -1.00 e. The van der Waals surface area contributed by atoms with Gasteiger partial charge in [0.05, 0.1) is 31.8 Å². The minimum atomic E-state index is -0.209. The summed E-state index contributed by atoms with van der Waals surface area (Å²) in [6.45, 7) is 7.35. The number of carbonyl (C=O) groups excluding carboxylic acids is 1. The minimum absolute atomic E-state index is 0. The number of quaternary nitrogens is 1. The van der Waals surface area contributed by atoms with E-state index in [9.17, 15) is 4.79 Å². The Morgan fingerprint density at radius 2 is 1.83 bits per heavy atom. The zero-order chi connectivity index (χ0) is 16.3. The summed E-state index contributed by atoms with van der Waals surface area (Å²) >= 11 is 0. The smallest absolute Gasteiger partial charge is 0.338 e. The Kier molecular flexibility index (Phi) is 10.5. The molecule has 1 aromatic carbocycles. The molecule has 0 saturated carbocycles. The summed E-state index contributed by atoms with van der Waals surface area (Å²) in [5.41, 5.74) is 1.69. The molecule has 2 rings (SSSR count). The van der Waals surface area contributed by atoms with Crippen molar-refractivity contribution < 1.29 is 26.8 Å². The Morgan fingerprint density at radius 1 is 1.12 bits per heavy atom. The van der Waals surface area contributed by atoms with Gasteiger partial charge in [0.25, 0.3) is 0 Å². The summed E-state index contributed by atoms with van der Waals surface area (Å²) in [6.07, 6.45) is 7.35. The molecular weight excluding hydrogens is 324 g/mol. The van der Waals surface area contributed by atoms with E-state index in [1.54, 1.807) is 4.90 Å². The predicted octanol–water partition coefficient (Wildman–Crippen LogP) is -0.482. The van der Waals surface area contributed by atoms with Crippen LogP contribution >= 0.6 is 0 Å². The van der Waals surface area contributed by atoms with E-state index < -0.39 is 0 Å². The molecule has 24 heavy (non-hydrogen) atoms. The number of hydrogen-bond donors (Lipinski definition) is 2. The number of halogens is 1. The van der Waals surface area contributed by atoms with Crippen LogP contribution in [0.5, 0.6) is 0 Å². The number of esters is 1. The van der Waals surface area contributed by atoms with Crippen molar-refractivity contribution in [2.24, 2.45) is 0 Å². The highest BCUT2D eigenvalue weighted by atomic mass is 35.5. The van der Waals surface area contributed by atoms with E-state index in [1.807, 2.05) is 24.3 Å². The van der Waals surface area contributed by atoms with Gasteiger partial charge in [-0.1, -0.05) is 13.3 Å². The van der Waals surface area contributed by atoms with Gasteiger partial charge in [-0.2, -0.15) is 0 Å². The molecule has 1 fully saturated rings. The van der Waals surface area contributed by atoms with Crippen molar-refractivity contribution in [3.05, 3.63) is 29.8 Å². The molecule has 1 aromatic rings. The number of rotatable bonds is 9. The Hall–Kier alpha value is -1.26.